The second-order valence-electron chi connectivity index (χ2n) is 4.57. The predicted octanol–water partition coefficient (Wildman–Crippen LogP) is 3.74. The van der Waals surface area contributed by atoms with Gasteiger partial charge < -0.3 is 10.1 Å². The normalized spacial score (nSPS) is 10.3. The van der Waals surface area contributed by atoms with Gasteiger partial charge in [0.2, 0.25) is 0 Å². The second kappa shape index (κ2) is 9.60. The van der Waals surface area contributed by atoms with Gasteiger partial charge in [0.15, 0.2) is 6.61 Å². The Hall–Kier alpha value is -1.50. The molecule has 2 aromatic rings. The van der Waals surface area contributed by atoms with E-state index in [-0.39, 0.29) is 24.9 Å². The van der Waals surface area contributed by atoms with Crippen LogP contribution in [-0.4, -0.2) is 24.2 Å². The highest BCUT2D eigenvalue weighted by Gasteiger charge is 2.08. The minimum absolute atomic E-state index is 0.240. The molecule has 1 aromatic heterocycles. The van der Waals surface area contributed by atoms with Crippen molar-refractivity contribution in [1.29, 1.82) is 0 Å². The molecule has 1 amide bonds. The van der Waals surface area contributed by atoms with Crippen LogP contribution in [0.15, 0.2) is 46.7 Å². The van der Waals surface area contributed by atoms with Crippen molar-refractivity contribution in [3.05, 3.63) is 51.7 Å². The van der Waals surface area contributed by atoms with Crippen LogP contribution < -0.4 is 5.32 Å². The molecule has 0 aliphatic carbocycles. The number of thioether (sulfide) groups is 1. The molecule has 0 unspecified atom stereocenters. The van der Waals surface area contributed by atoms with Gasteiger partial charge in [-0.2, -0.15) is 0 Å². The van der Waals surface area contributed by atoms with Crippen molar-refractivity contribution in [2.45, 2.75) is 17.9 Å². The molecule has 0 saturated heterocycles. The molecule has 1 aromatic carbocycles. The minimum Gasteiger partial charge on any atom is -0.456 e. The summed E-state index contributed by atoms with van der Waals surface area (Å²) >= 11 is 8.91. The van der Waals surface area contributed by atoms with E-state index in [1.807, 2.05) is 29.6 Å². The molecule has 0 atom stereocenters. The highest BCUT2D eigenvalue weighted by Crippen LogP contribution is 2.20. The van der Waals surface area contributed by atoms with Gasteiger partial charge in [0.25, 0.3) is 5.91 Å². The lowest BCUT2D eigenvalue weighted by molar-refractivity contribution is -0.148. The number of carbonyl (C=O) groups excluding carboxylic acids is 2. The summed E-state index contributed by atoms with van der Waals surface area (Å²) in [6.45, 7) is 0.219. The molecular formula is C16H16ClNO3S2. The van der Waals surface area contributed by atoms with E-state index in [2.05, 4.69) is 5.32 Å². The highest BCUT2D eigenvalue weighted by molar-refractivity contribution is 7.99. The number of hydrogen-bond donors (Lipinski definition) is 1. The average molecular weight is 370 g/mol. The third kappa shape index (κ3) is 7.07. The molecule has 0 fully saturated rings. The van der Waals surface area contributed by atoms with Crippen LogP contribution >= 0.6 is 34.7 Å². The van der Waals surface area contributed by atoms with Gasteiger partial charge in [0.1, 0.15) is 0 Å². The number of esters is 1. The molecule has 122 valence electrons. The van der Waals surface area contributed by atoms with Gasteiger partial charge in [-0.25, -0.2) is 0 Å². The van der Waals surface area contributed by atoms with Gasteiger partial charge in [-0.05, 0) is 35.7 Å². The molecule has 0 aliphatic rings. The Morgan fingerprint density at radius 3 is 2.70 bits per heavy atom. The lowest BCUT2D eigenvalue weighted by Gasteiger charge is -2.06. The number of amides is 1. The van der Waals surface area contributed by atoms with Crippen LogP contribution in [0.4, 0.5) is 0 Å². The van der Waals surface area contributed by atoms with Crippen LogP contribution in [-0.2, 0) is 20.9 Å². The number of nitrogens with one attached hydrogen (secondary N) is 1. The summed E-state index contributed by atoms with van der Waals surface area (Å²) in [7, 11) is 0. The zero-order valence-electron chi connectivity index (χ0n) is 12.3. The molecule has 0 aliphatic heterocycles. The monoisotopic (exact) mass is 369 g/mol. The average Bonchev–Trinajstić information content (AvgIpc) is 3.06. The maximum Gasteiger partial charge on any atom is 0.307 e. The second-order valence-corrected chi connectivity index (χ2v) is 7.21. The molecule has 0 saturated carbocycles. The van der Waals surface area contributed by atoms with Crippen molar-refractivity contribution in [2.75, 3.05) is 12.4 Å². The van der Waals surface area contributed by atoms with E-state index >= 15 is 0 Å². The summed E-state index contributed by atoms with van der Waals surface area (Å²) in [6.07, 6.45) is 0.255. The molecule has 23 heavy (non-hydrogen) atoms. The SMILES string of the molecule is O=C(COC(=O)CCSc1ccc(Cl)cc1)NCc1cccs1. The molecule has 0 bridgehead atoms. The van der Waals surface area contributed by atoms with Gasteiger partial charge >= 0.3 is 5.97 Å². The molecular weight excluding hydrogens is 354 g/mol. The maximum atomic E-state index is 11.6. The highest BCUT2D eigenvalue weighted by atomic mass is 35.5. The van der Waals surface area contributed by atoms with Crippen LogP contribution in [0.1, 0.15) is 11.3 Å². The molecule has 2 rings (SSSR count). The van der Waals surface area contributed by atoms with Crippen LogP contribution in [0.3, 0.4) is 0 Å². The Balaban J connectivity index is 1.57. The smallest absolute Gasteiger partial charge is 0.307 e. The summed E-state index contributed by atoms with van der Waals surface area (Å²) in [4.78, 5) is 25.3. The Bertz CT molecular complexity index is 629. The van der Waals surface area contributed by atoms with Gasteiger partial charge in [-0.1, -0.05) is 17.7 Å². The zero-order chi connectivity index (χ0) is 16.5. The van der Waals surface area contributed by atoms with Crippen molar-refractivity contribution < 1.29 is 14.3 Å². The minimum atomic E-state index is -0.377. The van der Waals surface area contributed by atoms with E-state index in [0.29, 0.717) is 17.3 Å². The first kappa shape index (κ1) is 17.8. The van der Waals surface area contributed by atoms with E-state index in [9.17, 15) is 9.59 Å². The Kier molecular flexibility index (Phi) is 7.45. The zero-order valence-corrected chi connectivity index (χ0v) is 14.7. The van der Waals surface area contributed by atoms with Gasteiger partial charge in [-0.15, -0.1) is 23.1 Å². The molecule has 1 N–H and O–H groups in total. The van der Waals surface area contributed by atoms with E-state index in [1.54, 1.807) is 35.2 Å². The van der Waals surface area contributed by atoms with E-state index in [0.717, 1.165) is 9.77 Å². The lowest BCUT2D eigenvalue weighted by atomic mass is 10.4. The Morgan fingerprint density at radius 2 is 2.00 bits per heavy atom. The topological polar surface area (TPSA) is 55.4 Å². The number of thiophene rings is 1. The predicted molar refractivity (Wildman–Crippen MR) is 93.9 cm³/mol. The Morgan fingerprint density at radius 1 is 1.22 bits per heavy atom. The largest absolute Gasteiger partial charge is 0.456 e. The number of halogens is 1. The molecule has 4 nitrogen and oxygen atoms in total. The fraction of sp³-hybridized carbons (Fsp3) is 0.250. The third-order valence-corrected chi connectivity index (χ3v) is 4.93. The van der Waals surface area contributed by atoms with Crippen LogP contribution in [0.25, 0.3) is 0 Å². The standard InChI is InChI=1S/C16H16ClNO3S2/c17-12-3-5-13(6-4-12)23-9-7-16(20)21-11-15(19)18-10-14-2-1-8-22-14/h1-6,8H,7,9-11H2,(H,18,19). The van der Waals surface area contributed by atoms with Crippen molar-refractivity contribution in [2.24, 2.45) is 0 Å². The molecule has 0 radical (unpaired) electrons. The van der Waals surface area contributed by atoms with Crippen LogP contribution in [0.5, 0.6) is 0 Å². The molecule has 7 heteroatoms. The van der Waals surface area contributed by atoms with Gasteiger partial charge in [0.05, 0.1) is 13.0 Å². The first-order chi connectivity index (χ1) is 11.1. The summed E-state index contributed by atoms with van der Waals surface area (Å²) < 4.78 is 4.95. The van der Waals surface area contributed by atoms with Gasteiger partial charge in [-0.3, -0.25) is 9.59 Å². The van der Waals surface area contributed by atoms with Crippen molar-refractivity contribution in [3.63, 3.8) is 0 Å². The number of ether oxygens (including phenoxy) is 1. The van der Waals surface area contributed by atoms with Crippen molar-refractivity contribution >= 4 is 46.6 Å². The van der Waals surface area contributed by atoms with E-state index in [4.69, 9.17) is 16.3 Å². The third-order valence-electron chi connectivity index (χ3n) is 2.79. The number of carbonyl (C=O) groups is 2. The fourth-order valence-corrected chi connectivity index (χ4v) is 3.25. The van der Waals surface area contributed by atoms with E-state index in [1.165, 1.54) is 0 Å². The number of hydrogen-bond acceptors (Lipinski definition) is 5. The summed E-state index contributed by atoms with van der Waals surface area (Å²) in [6, 6.07) is 11.3. The van der Waals surface area contributed by atoms with Crippen LogP contribution in [0, 0.1) is 0 Å². The molecule has 1 heterocycles. The number of benzene rings is 1. The fourth-order valence-electron chi connectivity index (χ4n) is 1.65. The first-order valence-corrected chi connectivity index (χ1v) is 9.21. The lowest BCUT2D eigenvalue weighted by Crippen LogP contribution is -2.28. The summed E-state index contributed by atoms with van der Waals surface area (Å²) in [5.74, 6) is -0.0769. The van der Waals surface area contributed by atoms with Crippen LogP contribution in [0.2, 0.25) is 5.02 Å². The van der Waals surface area contributed by atoms with Crippen molar-refractivity contribution in [3.8, 4) is 0 Å². The van der Waals surface area contributed by atoms with Gasteiger partial charge in [0, 0.05) is 20.5 Å². The van der Waals surface area contributed by atoms with E-state index < -0.39 is 0 Å². The maximum absolute atomic E-state index is 11.6. The first-order valence-electron chi connectivity index (χ1n) is 6.96. The quantitative estimate of drug-likeness (QED) is 0.568. The number of rotatable bonds is 8. The Labute approximate surface area is 148 Å². The molecule has 0 spiro atoms. The summed E-state index contributed by atoms with van der Waals surface area (Å²) in [5, 5.41) is 5.33. The summed E-state index contributed by atoms with van der Waals surface area (Å²) in [5.41, 5.74) is 0. The van der Waals surface area contributed by atoms with Crippen molar-refractivity contribution in [1.82, 2.24) is 5.32 Å².